The SMILES string of the molecule is Cc1cc(Cl)ccc1NC(=O)CSc1nnc(CNC(=O)COc2ccc(C(C)C)cc2)n1C. The third-order valence-electron chi connectivity index (χ3n) is 5.08. The maximum Gasteiger partial charge on any atom is 0.258 e. The zero-order valence-electron chi connectivity index (χ0n) is 19.6. The van der Waals surface area contributed by atoms with Crippen molar-refractivity contribution in [1.82, 2.24) is 20.1 Å². The van der Waals surface area contributed by atoms with Gasteiger partial charge < -0.3 is 19.9 Å². The molecule has 180 valence electrons. The van der Waals surface area contributed by atoms with E-state index in [1.165, 1.54) is 17.3 Å². The standard InChI is InChI=1S/C24H28ClN5O3S/c1-15(2)17-5-8-19(9-6-17)33-13-22(31)26-12-21-28-29-24(30(21)4)34-14-23(32)27-20-10-7-18(25)11-16(20)3/h5-11,15H,12-14H2,1-4H3,(H,26,31)(H,27,32). The van der Waals surface area contributed by atoms with Gasteiger partial charge in [-0.15, -0.1) is 10.2 Å². The van der Waals surface area contributed by atoms with E-state index in [9.17, 15) is 9.59 Å². The molecule has 0 atom stereocenters. The van der Waals surface area contributed by atoms with E-state index < -0.39 is 0 Å². The van der Waals surface area contributed by atoms with Gasteiger partial charge in [-0.1, -0.05) is 49.3 Å². The van der Waals surface area contributed by atoms with Gasteiger partial charge in [0.25, 0.3) is 5.91 Å². The van der Waals surface area contributed by atoms with Gasteiger partial charge in [-0.25, -0.2) is 0 Å². The Morgan fingerprint density at radius 3 is 2.53 bits per heavy atom. The molecular weight excluding hydrogens is 474 g/mol. The van der Waals surface area contributed by atoms with Gasteiger partial charge in [0.15, 0.2) is 17.6 Å². The summed E-state index contributed by atoms with van der Waals surface area (Å²) >= 11 is 7.21. The summed E-state index contributed by atoms with van der Waals surface area (Å²) in [5.41, 5.74) is 2.82. The summed E-state index contributed by atoms with van der Waals surface area (Å²) in [6, 6.07) is 13.0. The summed E-state index contributed by atoms with van der Waals surface area (Å²) in [5.74, 6) is 1.41. The second-order valence-corrected chi connectivity index (χ2v) is 9.42. The van der Waals surface area contributed by atoms with Crippen LogP contribution in [0.2, 0.25) is 5.02 Å². The molecule has 10 heteroatoms. The van der Waals surface area contributed by atoms with Crippen LogP contribution < -0.4 is 15.4 Å². The molecule has 0 radical (unpaired) electrons. The van der Waals surface area contributed by atoms with Crippen LogP contribution in [0.25, 0.3) is 0 Å². The number of aromatic nitrogens is 3. The lowest BCUT2D eigenvalue weighted by Gasteiger charge is -2.10. The molecule has 0 aliphatic heterocycles. The quantitative estimate of drug-likeness (QED) is 0.401. The van der Waals surface area contributed by atoms with Crippen LogP contribution in [0.5, 0.6) is 5.75 Å². The number of rotatable bonds is 10. The molecule has 0 aliphatic carbocycles. The van der Waals surface area contributed by atoms with Gasteiger partial charge in [0.1, 0.15) is 5.75 Å². The van der Waals surface area contributed by atoms with Crippen molar-refractivity contribution >= 4 is 40.9 Å². The van der Waals surface area contributed by atoms with E-state index in [4.69, 9.17) is 16.3 Å². The number of anilines is 1. The van der Waals surface area contributed by atoms with Crippen molar-refractivity contribution < 1.29 is 14.3 Å². The second kappa shape index (κ2) is 11.9. The number of aryl methyl sites for hydroxylation is 1. The van der Waals surface area contributed by atoms with Gasteiger partial charge in [-0.05, 0) is 54.3 Å². The molecule has 3 aromatic rings. The molecule has 0 spiro atoms. The van der Waals surface area contributed by atoms with Gasteiger partial charge in [0, 0.05) is 17.8 Å². The van der Waals surface area contributed by atoms with Gasteiger partial charge in [0.2, 0.25) is 5.91 Å². The lowest BCUT2D eigenvalue weighted by molar-refractivity contribution is -0.123. The first-order chi connectivity index (χ1) is 16.2. The number of hydrogen-bond acceptors (Lipinski definition) is 6. The van der Waals surface area contributed by atoms with Crippen molar-refractivity contribution in [2.75, 3.05) is 17.7 Å². The fourth-order valence-corrected chi connectivity index (χ4v) is 3.99. The highest BCUT2D eigenvalue weighted by atomic mass is 35.5. The smallest absolute Gasteiger partial charge is 0.258 e. The number of halogens is 1. The Bertz CT molecular complexity index is 1150. The van der Waals surface area contributed by atoms with E-state index in [0.29, 0.717) is 27.7 Å². The molecule has 2 aromatic carbocycles. The molecule has 0 unspecified atom stereocenters. The van der Waals surface area contributed by atoms with Gasteiger partial charge in [-0.3, -0.25) is 9.59 Å². The lowest BCUT2D eigenvalue weighted by atomic mass is 10.0. The minimum absolute atomic E-state index is 0.0925. The van der Waals surface area contributed by atoms with E-state index in [2.05, 4.69) is 34.7 Å². The fourth-order valence-electron chi connectivity index (χ4n) is 3.03. The number of nitrogens with one attached hydrogen (secondary N) is 2. The van der Waals surface area contributed by atoms with Crippen molar-refractivity contribution in [3.05, 3.63) is 64.4 Å². The summed E-state index contributed by atoms with van der Waals surface area (Å²) in [6.07, 6.45) is 0. The molecule has 1 aromatic heterocycles. The Kier molecular flexibility index (Phi) is 8.95. The molecule has 34 heavy (non-hydrogen) atoms. The molecular formula is C24H28ClN5O3S. The highest BCUT2D eigenvalue weighted by Crippen LogP contribution is 2.21. The molecule has 0 saturated heterocycles. The average Bonchev–Trinajstić information content (AvgIpc) is 3.16. The minimum atomic E-state index is -0.261. The minimum Gasteiger partial charge on any atom is -0.484 e. The molecule has 2 amide bonds. The molecule has 0 aliphatic rings. The Labute approximate surface area is 208 Å². The fraction of sp³-hybridized carbons (Fsp3) is 0.333. The highest BCUT2D eigenvalue weighted by Gasteiger charge is 2.13. The zero-order chi connectivity index (χ0) is 24.7. The number of hydrogen-bond donors (Lipinski definition) is 2. The van der Waals surface area contributed by atoms with Crippen LogP contribution in [0.4, 0.5) is 5.69 Å². The number of ether oxygens (including phenoxy) is 1. The number of amides is 2. The van der Waals surface area contributed by atoms with Crippen molar-refractivity contribution in [1.29, 1.82) is 0 Å². The number of nitrogens with zero attached hydrogens (tertiary/aromatic N) is 3. The normalized spacial score (nSPS) is 10.9. The van der Waals surface area contributed by atoms with E-state index in [-0.39, 0.29) is 30.7 Å². The highest BCUT2D eigenvalue weighted by molar-refractivity contribution is 7.99. The summed E-state index contributed by atoms with van der Waals surface area (Å²) in [7, 11) is 1.79. The number of thioether (sulfide) groups is 1. The number of carbonyl (C=O) groups is 2. The second-order valence-electron chi connectivity index (χ2n) is 8.04. The van der Waals surface area contributed by atoms with Gasteiger partial charge in [-0.2, -0.15) is 0 Å². The van der Waals surface area contributed by atoms with Crippen LogP contribution in [-0.4, -0.2) is 38.9 Å². The van der Waals surface area contributed by atoms with Gasteiger partial charge >= 0.3 is 0 Å². The summed E-state index contributed by atoms with van der Waals surface area (Å²) in [5, 5.41) is 15.1. The van der Waals surface area contributed by atoms with Crippen LogP contribution in [0.15, 0.2) is 47.6 Å². The molecule has 1 heterocycles. The molecule has 0 fully saturated rings. The Hall–Kier alpha value is -3.04. The first kappa shape index (κ1) is 25.6. The van der Waals surface area contributed by atoms with E-state index in [1.54, 1.807) is 29.8 Å². The Morgan fingerprint density at radius 2 is 1.85 bits per heavy atom. The third kappa shape index (κ3) is 7.23. The molecule has 0 saturated carbocycles. The first-order valence-electron chi connectivity index (χ1n) is 10.8. The molecule has 2 N–H and O–H groups in total. The molecule has 0 bridgehead atoms. The maximum absolute atomic E-state index is 12.3. The van der Waals surface area contributed by atoms with Crippen LogP contribution in [0.1, 0.15) is 36.7 Å². The predicted octanol–water partition coefficient (Wildman–Crippen LogP) is 4.33. The summed E-state index contributed by atoms with van der Waals surface area (Å²) in [6.45, 7) is 6.23. The number of benzene rings is 2. The first-order valence-corrected chi connectivity index (χ1v) is 12.2. The largest absolute Gasteiger partial charge is 0.484 e. The van der Waals surface area contributed by atoms with E-state index >= 15 is 0 Å². The lowest BCUT2D eigenvalue weighted by Crippen LogP contribution is -2.29. The average molecular weight is 502 g/mol. The van der Waals surface area contributed by atoms with Crippen LogP contribution >= 0.6 is 23.4 Å². The monoisotopic (exact) mass is 501 g/mol. The van der Waals surface area contributed by atoms with Gasteiger partial charge in [0.05, 0.1) is 12.3 Å². The topological polar surface area (TPSA) is 98.1 Å². The molecule has 3 rings (SSSR count). The van der Waals surface area contributed by atoms with Crippen LogP contribution in [-0.2, 0) is 23.2 Å². The zero-order valence-corrected chi connectivity index (χ0v) is 21.2. The van der Waals surface area contributed by atoms with Crippen molar-refractivity contribution in [2.45, 2.75) is 38.4 Å². The van der Waals surface area contributed by atoms with Crippen LogP contribution in [0.3, 0.4) is 0 Å². The Morgan fingerprint density at radius 1 is 1.12 bits per heavy atom. The maximum atomic E-state index is 12.3. The van der Waals surface area contributed by atoms with Crippen molar-refractivity contribution in [3.63, 3.8) is 0 Å². The summed E-state index contributed by atoms with van der Waals surface area (Å²) in [4.78, 5) is 24.5. The van der Waals surface area contributed by atoms with E-state index in [0.717, 1.165) is 11.3 Å². The van der Waals surface area contributed by atoms with Crippen LogP contribution in [0, 0.1) is 6.92 Å². The Balaban J connectivity index is 1.43. The summed E-state index contributed by atoms with van der Waals surface area (Å²) < 4.78 is 7.29. The van der Waals surface area contributed by atoms with E-state index in [1.807, 2.05) is 31.2 Å². The third-order valence-corrected chi connectivity index (χ3v) is 6.34. The number of carbonyl (C=O) groups excluding carboxylic acids is 2. The predicted molar refractivity (Wildman–Crippen MR) is 134 cm³/mol. The van der Waals surface area contributed by atoms with Crippen molar-refractivity contribution in [3.8, 4) is 5.75 Å². The molecule has 8 nitrogen and oxygen atoms in total. The van der Waals surface area contributed by atoms with Crippen molar-refractivity contribution in [2.24, 2.45) is 7.05 Å².